The third kappa shape index (κ3) is 3.33. The summed E-state index contributed by atoms with van der Waals surface area (Å²) in [4.78, 5) is 25.6. The smallest absolute Gasteiger partial charge is 0.254 e. The van der Waals surface area contributed by atoms with Crippen LogP contribution in [0.4, 0.5) is 5.82 Å². The molecule has 1 saturated heterocycles. The van der Waals surface area contributed by atoms with E-state index < -0.39 is 0 Å². The molecule has 25 heavy (non-hydrogen) atoms. The van der Waals surface area contributed by atoms with E-state index in [1.165, 1.54) is 0 Å². The van der Waals surface area contributed by atoms with Gasteiger partial charge in [-0.25, -0.2) is 9.97 Å². The lowest BCUT2D eigenvalue weighted by atomic mass is 10.2. The minimum Gasteiger partial charge on any atom is -0.383 e. The van der Waals surface area contributed by atoms with Crippen molar-refractivity contribution >= 4 is 34.0 Å². The molecule has 0 bridgehead atoms. The van der Waals surface area contributed by atoms with E-state index in [-0.39, 0.29) is 5.91 Å². The third-order valence-corrected chi connectivity index (χ3v) is 5.15. The molecule has 2 aromatic heterocycles. The first kappa shape index (κ1) is 16.0. The molecule has 0 saturated carbocycles. The van der Waals surface area contributed by atoms with Crippen LogP contribution < -0.4 is 5.73 Å². The SMILES string of the molecule is Nc1nc(CN2CCN(C(=O)c3ccsc3)CC2)nc2ccccc12. The third-order valence-electron chi connectivity index (χ3n) is 4.47. The van der Waals surface area contributed by atoms with E-state index in [2.05, 4.69) is 14.9 Å². The monoisotopic (exact) mass is 353 g/mol. The molecule has 0 spiro atoms. The number of anilines is 1. The molecule has 6 nitrogen and oxygen atoms in total. The largest absolute Gasteiger partial charge is 0.383 e. The highest BCUT2D eigenvalue weighted by molar-refractivity contribution is 7.08. The highest BCUT2D eigenvalue weighted by atomic mass is 32.1. The zero-order valence-corrected chi connectivity index (χ0v) is 14.6. The Kier molecular flexibility index (Phi) is 4.33. The van der Waals surface area contributed by atoms with E-state index in [1.807, 2.05) is 46.0 Å². The lowest BCUT2D eigenvalue weighted by molar-refractivity contribution is 0.0626. The standard InChI is InChI=1S/C18H19N5OS/c19-17-14-3-1-2-4-15(14)20-16(21-17)11-22-6-8-23(9-7-22)18(24)13-5-10-25-12-13/h1-5,10,12H,6-9,11H2,(H2,19,20,21). The molecular weight excluding hydrogens is 334 g/mol. The normalized spacial score (nSPS) is 15.6. The number of amides is 1. The lowest BCUT2D eigenvalue weighted by Crippen LogP contribution is -2.48. The number of nitrogens with two attached hydrogens (primary N) is 1. The van der Waals surface area contributed by atoms with Gasteiger partial charge in [-0.15, -0.1) is 0 Å². The molecule has 3 heterocycles. The molecule has 1 aliphatic rings. The number of para-hydroxylation sites is 1. The summed E-state index contributed by atoms with van der Waals surface area (Å²) in [5.74, 6) is 1.37. The number of fused-ring (bicyclic) bond motifs is 1. The van der Waals surface area contributed by atoms with Crippen molar-refractivity contribution in [2.24, 2.45) is 0 Å². The van der Waals surface area contributed by atoms with Crippen molar-refractivity contribution in [3.63, 3.8) is 0 Å². The van der Waals surface area contributed by atoms with Gasteiger partial charge in [0.05, 0.1) is 17.6 Å². The number of thiophene rings is 1. The van der Waals surface area contributed by atoms with Crippen LogP contribution in [-0.2, 0) is 6.54 Å². The molecule has 0 atom stereocenters. The molecule has 0 aliphatic carbocycles. The van der Waals surface area contributed by atoms with Gasteiger partial charge in [-0.2, -0.15) is 11.3 Å². The van der Waals surface area contributed by atoms with Gasteiger partial charge in [-0.1, -0.05) is 12.1 Å². The van der Waals surface area contributed by atoms with E-state index in [9.17, 15) is 4.79 Å². The number of hydrogen-bond donors (Lipinski definition) is 1. The van der Waals surface area contributed by atoms with E-state index in [0.717, 1.165) is 48.5 Å². The van der Waals surface area contributed by atoms with E-state index in [0.29, 0.717) is 12.4 Å². The number of nitrogen functional groups attached to an aromatic ring is 1. The number of carbonyl (C=O) groups is 1. The van der Waals surface area contributed by atoms with Gasteiger partial charge in [-0.05, 0) is 23.6 Å². The van der Waals surface area contributed by atoms with Crippen LogP contribution in [0.1, 0.15) is 16.2 Å². The first-order valence-electron chi connectivity index (χ1n) is 8.25. The van der Waals surface area contributed by atoms with Crippen LogP contribution in [0.25, 0.3) is 10.9 Å². The number of piperazine rings is 1. The molecule has 1 fully saturated rings. The van der Waals surface area contributed by atoms with Gasteiger partial charge in [0.1, 0.15) is 11.6 Å². The Morgan fingerprint density at radius 2 is 1.92 bits per heavy atom. The van der Waals surface area contributed by atoms with Gasteiger partial charge in [0, 0.05) is 36.9 Å². The molecule has 0 unspecified atom stereocenters. The predicted molar refractivity (Wildman–Crippen MR) is 99.4 cm³/mol. The van der Waals surface area contributed by atoms with Crippen molar-refractivity contribution < 1.29 is 4.79 Å². The zero-order chi connectivity index (χ0) is 17.2. The Bertz CT molecular complexity index is 888. The molecule has 1 aliphatic heterocycles. The van der Waals surface area contributed by atoms with Crippen molar-refractivity contribution in [1.82, 2.24) is 19.8 Å². The van der Waals surface area contributed by atoms with Crippen LogP contribution >= 0.6 is 11.3 Å². The Labute approximate surface area is 149 Å². The van der Waals surface area contributed by atoms with Crippen LogP contribution in [0.15, 0.2) is 41.1 Å². The fourth-order valence-corrected chi connectivity index (χ4v) is 3.73. The van der Waals surface area contributed by atoms with Crippen molar-refractivity contribution in [3.05, 3.63) is 52.5 Å². The van der Waals surface area contributed by atoms with E-state index in [1.54, 1.807) is 11.3 Å². The van der Waals surface area contributed by atoms with Crippen LogP contribution in [0.5, 0.6) is 0 Å². The summed E-state index contributed by atoms with van der Waals surface area (Å²) in [6, 6.07) is 9.65. The Hall–Kier alpha value is -2.51. The van der Waals surface area contributed by atoms with E-state index >= 15 is 0 Å². The van der Waals surface area contributed by atoms with Crippen molar-refractivity contribution in [2.45, 2.75) is 6.54 Å². The second-order valence-corrected chi connectivity index (χ2v) is 6.90. The van der Waals surface area contributed by atoms with Gasteiger partial charge < -0.3 is 10.6 Å². The fraction of sp³-hybridized carbons (Fsp3) is 0.278. The Morgan fingerprint density at radius 3 is 2.68 bits per heavy atom. The average molecular weight is 353 g/mol. The number of carbonyl (C=O) groups excluding carboxylic acids is 1. The molecule has 7 heteroatoms. The van der Waals surface area contributed by atoms with Crippen LogP contribution in [0, 0.1) is 0 Å². The predicted octanol–water partition coefficient (Wildman–Crippen LogP) is 2.23. The molecule has 4 rings (SSSR count). The molecule has 3 aromatic rings. The number of nitrogens with zero attached hydrogens (tertiary/aromatic N) is 4. The van der Waals surface area contributed by atoms with E-state index in [4.69, 9.17) is 5.73 Å². The summed E-state index contributed by atoms with van der Waals surface area (Å²) in [6.07, 6.45) is 0. The lowest BCUT2D eigenvalue weighted by Gasteiger charge is -2.34. The van der Waals surface area contributed by atoms with Crippen molar-refractivity contribution in [1.29, 1.82) is 0 Å². The molecule has 128 valence electrons. The summed E-state index contributed by atoms with van der Waals surface area (Å²) in [5, 5.41) is 4.73. The summed E-state index contributed by atoms with van der Waals surface area (Å²) in [5.41, 5.74) is 7.71. The van der Waals surface area contributed by atoms with Gasteiger partial charge in [0.2, 0.25) is 0 Å². The fourth-order valence-electron chi connectivity index (χ4n) is 3.10. The highest BCUT2D eigenvalue weighted by Crippen LogP contribution is 2.18. The van der Waals surface area contributed by atoms with Crippen LogP contribution in [-0.4, -0.2) is 51.9 Å². The van der Waals surface area contributed by atoms with Gasteiger partial charge in [-0.3, -0.25) is 9.69 Å². The minimum atomic E-state index is 0.118. The maximum atomic E-state index is 12.4. The topological polar surface area (TPSA) is 75.3 Å². The second kappa shape index (κ2) is 6.78. The molecule has 2 N–H and O–H groups in total. The zero-order valence-electron chi connectivity index (χ0n) is 13.8. The average Bonchev–Trinajstić information content (AvgIpc) is 3.16. The maximum absolute atomic E-state index is 12.4. The Balaban J connectivity index is 1.41. The molecular formula is C18H19N5OS. The van der Waals surface area contributed by atoms with Crippen molar-refractivity contribution in [2.75, 3.05) is 31.9 Å². The van der Waals surface area contributed by atoms with Gasteiger partial charge in [0.25, 0.3) is 5.91 Å². The number of rotatable bonds is 3. The molecule has 0 radical (unpaired) electrons. The number of aromatic nitrogens is 2. The highest BCUT2D eigenvalue weighted by Gasteiger charge is 2.23. The summed E-state index contributed by atoms with van der Waals surface area (Å²) in [7, 11) is 0. The Morgan fingerprint density at radius 1 is 1.12 bits per heavy atom. The summed E-state index contributed by atoms with van der Waals surface area (Å²) in [6.45, 7) is 3.71. The summed E-state index contributed by atoms with van der Waals surface area (Å²) >= 11 is 1.55. The first-order chi connectivity index (χ1) is 12.2. The summed E-state index contributed by atoms with van der Waals surface area (Å²) < 4.78 is 0. The van der Waals surface area contributed by atoms with Gasteiger partial charge in [0.15, 0.2) is 0 Å². The minimum absolute atomic E-state index is 0.118. The number of benzene rings is 1. The van der Waals surface area contributed by atoms with Crippen molar-refractivity contribution in [3.8, 4) is 0 Å². The number of hydrogen-bond acceptors (Lipinski definition) is 6. The molecule has 1 amide bonds. The maximum Gasteiger partial charge on any atom is 0.254 e. The molecule has 1 aromatic carbocycles. The van der Waals surface area contributed by atoms with Crippen LogP contribution in [0.3, 0.4) is 0 Å². The second-order valence-electron chi connectivity index (χ2n) is 6.12. The van der Waals surface area contributed by atoms with Gasteiger partial charge >= 0.3 is 0 Å². The first-order valence-corrected chi connectivity index (χ1v) is 9.20. The van der Waals surface area contributed by atoms with Crippen LogP contribution in [0.2, 0.25) is 0 Å². The quantitative estimate of drug-likeness (QED) is 0.781.